The van der Waals surface area contributed by atoms with Gasteiger partial charge in [0.05, 0.1) is 7.11 Å². The van der Waals surface area contributed by atoms with Gasteiger partial charge in [0.25, 0.3) is 5.91 Å². The second kappa shape index (κ2) is 5.85. The molecule has 0 saturated heterocycles. The van der Waals surface area contributed by atoms with Crippen LogP contribution in [0, 0.1) is 6.92 Å². The molecule has 0 spiro atoms. The molecule has 2 aromatic carbocycles. The Labute approximate surface area is 136 Å². The SMILES string of the molecule is COc1cccc(NC(=O)c2oc3ccc(Br)cc3c2C)c1. The first-order valence-electron chi connectivity index (χ1n) is 6.72. The molecule has 0 bridgehead atoms. The molecule has 1 heterocycles. The summed E-state index contributed by atoms with van der Waals surface area (Å²) in [6.07, 6.45) is 0. The number of carbonyl (C=O) groups excluding carboxylic acids is 1. The Balaban J connectivity index is 1.93. The monoisotopic (exact) mass is 359 g/mol. The Morgan fingerprint density at radius 3 is 2.82 bits per heavy atom. The number of methoxy groups -OCH3 is 1. The van der Waals surface area contributed by atoms with Crippen LogP contribution in [0.2, 0.25) is 0 Å². The lowest BCUT2D eigenvalue weighted by atomic mass is 10.1. The quantitative estimate of drug-likeness (QED) is 0.732. The predicted molar refractivity (Wildman–Crippen MR) is 89.6 cm³/mol. The Morgan fingerprint density at radius 2 is 2.05 bits per heavy atom. The molecule has 1 aromatic heterocycles. The van der Waals surface area contributed by atoms with Crippen LogP contribution in [0.15, 0.2) is 51.4 Å². The Hall–Kier alpha value is -2.27. The molecule has 4 nitrogen and oxygen atoms in total. The highest BCUT2D eigenvalue weighted by Crippen LogP contribution is 2.28. The van der Waals surface area contributed by atoms with Crippen LogP contribution in [0.4, 0.5) is 5.69 Å². The molecule has 0 atom stereocenters. The zero-order valence-electron chi connectivity index (χ0n) is 12.1. The van der Waals surface area contributed by atoms with Crippen LogP contribution in [0.3, 0.4) is 0 Å². The summed E-state index contributed by atoms with van der Waals surface area (Å²) in [5.41, 5.74) is 2.17. The van der Waals surface area contributed by atoms with E-state index < -0.39 is 0 Å². The average Bonchev–Trinajstić information content (AvgIpc) is 2.84. The van der Waals surface area contributed by atoms with Crippen LogP contribution in [0.25, 0.3) is 11.0 Å². The van der Waals surface area contributed by atoms with E-state index >= 15 is 0 Å². The molecule has 1 amide bonds. The molecular formula is C17H14BrNO3. The normalized spacial score (nSPS) is 10.7. The minimum atomic E-state index is -0.280. The number of amides is 1. The van der Waals surface area contributed by atoms with Gasteiger partial charge in [0.2, 0.25) is 0 Å². The van der Waals surface area contributed by atoms with Gasteiger partial charge in [0, 0.05) is 27.2 Å². The largest absolute Gasteiger partial charge is 0.497 e. The summed E-state index contributed by atoms with van der Waals surface area (Å²) in [6, 6.07) is 12.9. The number of benzene rings is 2. The van der Waals surface area contributed by atoms with E-state index in [1.54, 1.807) is 19.2 Å². The highest BCUT2D eigenvalue weighted by Gasteiger charge is 2.18. The summed E-state index contributed by atoms with van der Waals surface area (Å²) < 4.78 is 11.8. The molecule has 0 radical (unpaired) electrons. The van der Waals surface area contributed by atoms with E-state index in [4.69, 9.17) is 9.15 Å². The third kappa shape index (κ3) is 2.72. The van der Waals surface area contributed by atoms with Gasteiger partial charge in [-0.15, -0.1) is 0 Å². The fourth-order valence-electron chi connectivity index (χ4n) is 2.30. The van der Waals surface area contributed by atoms with Gasteiger partial charge in [0.15, 0.2) is 5.76 Å². The smallest absolute Gasteiger partial charge is 0.291 e. The van der Waals surface area contributed by atoms with Gasteiger partial charge in [-0.1, -0.05) is 22.0 Å². The van der Waals surface area contributed by atoms with Crippen LogP contribution in [-0.2, 0) is 0 Å². The molecule has 0 aliphatic rings. The fraction of sp³-hybridized carbons (Fsp3) is 0.118. The van der Waals surface area contributed by atoms with Crippen LogP contribution in [-0.4, -0.2) is 13.0 Å². The summed E-state index contributed by atoms with van der Waals surface area (Å²) in [5, 5.41) is 3.75. The van der Waals surface area contributed by atoms with E-state index in [2.05, 4.69) is 21.2 Å². The topological polar surface area (TPSA) is 51.5 Å². The first kappa shape index (κ1) is 14.7. The summed E-state index contributed by atoms with van der Waals surface area (Å²) in [6.45, 7) is 1.87. The molecular weight excluding hydrogens is 346 g/mol. The summed E-state index contributed by atoms with van der Waals surface area (Å²) >= 11 is 3.43. The number of anilines is 1. The van der Waals surface area contributed by atoms with Crippen molar-refractivity contribution >= 4 is 38.5 Å². The van der Waals surface area contributed by atoms with E-state index in [9.17, 15) is 4.79 Å². The van der Waals surface area contributed by atoms with Crippen LogP contribution in [0.5, 0.6) is 5.75 Å². The highest BCUT2D eigenvalue weighted by atomic mass is 79.9. The molecule has 0 saturated carbocycles. The molecule has 0 aliphatic carbocycles. The second-order valence-corrected chi connectivity index (χ2v) is 5.80. The zero-order valence-corrected chi connectivity index (χ0v) is 13.7. The van der Waals surface area contributed by atoms with Crippen molar-refractivity contribution in [2.75, 3.05) is 12.4 Å². The molecule has 0 aliphatic heterocycles. The van der Waals surface area contributed by atoms with Crippen molar-refractivity contribution in [1.82, 2.24) is 0 Å². The van der Waals surface area contributed by atoms with Crippen molar-refractivity contribution < 1.29 is 13.9 Å². The van der Waals surface area contributed by atoms with Crippen molar-refractivity contribution in [3.05, 3.63) is 58.3 Å². The van der Waals surface area contributed by atoms with Crippen molar-refractivity contribution in [2.45, 2.75) is 6.92 Å². The number of rotatable bonds is 3. The number of hydrogen-bond donors (Lipinski definition) is 1. The van der Waals surface area contributed by atoms with Gasteiger partial charge < -0.3 is 14.5 Å². The maximum absolute atomic E-state index is 12.4. The lowest BCUT2D eigenvalue weighted by molar-refractivity contribution is 0.0998. The summed E-state index contributed by atoms with van der Waals surface area (Å²) in [4.78, 5) is 12.4. The van der Waals surface area contributed by atoms with Gasteiger partial charge in [-0.25, -0.2) is 0 Å². The number of furan rings is 1. The number of nitrogens with one attached hydrogen (secondary N) is 1. The predicted octanol–water partition coefficient (Wildman–Crippen LogP) is 4.76. The summed E-state index contributed by atoms with van der Waals surface area (Å²) in [7, 11) is 1.59. The number of halogens is 1. The number of ether oxygens (including phenoxy) is 1. The van der Waals surface area contributed by atoms with Crippen molar-refractivity contribution in [1.29, 1.82) is 0 Å². The van der Waals surface area contributed by atoms with Crippen LogP contribution < -0.4 is 10.1 Å². The Bertz CT molecular complexity index is 854. The lowest BCUT2D eigenvalue weighted by Gasteiger charge is -2.05. The number of hydrogen-bond acceptors (Lipinski definition) is 3. The molecule has 22 heavy (non-hydrogen) atoms. The Morgan fingerprint density at radius 1 is 1.23 bits per heavy atom. The number of fused-ring (bicyclic) bond motifs is 1. The molecule has 5 heteroatoms. The maximum atomic E-state index is 12.4. The van der Waals surface area contributed by atoms with Crippen molar-refractivity contribution in [3.63, 3.8) is 0 Å². The Kier molecular flexibility index (Phi) is 3.90. The minimum absolute atomic E-state index is 0.280. The van der Waals surface area contributed by atoms with Gasteiger partial charge in [0.1, 0.15) is 11.3 Å². The van der Waals surface area contributed by atoms with E-state index in [-0.39, 0.29) is 5.91 Å². The van der Waals surface area contributed by atoms with Crippen molar-refractivity contribution in [3.8, 4) is 5.75 Å². The second-order valence-electron chi connectivity index (χ2n) is 4.88. The average molecular weight is 360 g/mol. The van der Waals surface area contributed by atoms with Crippen LogP contribution >= 0.6 is 15.9 Å². The number of carbonyl (C=O) groups is 1. The van der Waals surface area contributed by atoms with Gasteiger partial charge >= 0.3 is 0 Å². The summed E-state index contributed by atoms with van der Waals surface area (Å²) in [5.74, 6) is 0.719. The first-order chi connectivity index (χ1) is 10.6. The molecule has 112 valence electrons. The number of aryl methyl sites for hydroxylation is 1. The fourth-order valence-corrected chi connectivity index (χ4v) is 2.66. The standard InChI is InChI=1S/C17H14BrNO3/c1-10-14-8-11(18)6-7-15(14)22-16(10)17(20)19-12-4-3-5-13(9-12)21-2/h3-9H,1-2H3,(H,19,20). The molecule has 0 unspecified atom stereocenters. The van der Waals surface area contributed by atoms with E-state index in [0.29, 0.717) is 22.8 Å². The third-order valence-corrected chi connectivity index (χ3v) is 3.93. The van der Waals surface area contributed by atoms with E-state index in [0.717, 1.165) is 15.4 Å². The van der Waals surface area contributed by atoms with Gasteiger partial charge in [-0.05, 0) is 37.3 Å². The van der Waals surface area contributed by atoms with Gasteiger partial charge in [-0.3, -0.25) is 4.79 Å². The first-order valence-corrected chi connectivity index (χ1v) is 7.52. The van der Waals surface area contributed by atoms with Crippen LogP contribution in [0.1, 0.15) is 16.1 Å². The van der Waals surface area contributed by atoms with E-state index in [1.165, 1.54) is 0 Å². The molecule has 3 aromatic rings. The lowest BCUT2D eigenvalue weighted by Crippen LogP contribution is -2.12. The van der Waals surface area contributed by atoms with E-state index in [1.807, 2.05) is 37.3 Å². The van der Waals surface area contributed by atoms with Gasteiger partial charge in [-0.2, -0.15) is 0 Å². The third-order valence-electron chi connectivity index (χ3n) is 3.43. The molecule has 3 rings (SSSR count). The molecule has 1 N–H and O–H groups in total. The molecule has 0 fully saturated rings. The maximum Gasteiger partial charge on any atom is 0.291 e. The zero-order chi connectivity index (χ0) is 15.7. The minimum Gasteiger partial charge on any atom is -0.497 e. The van der Waals surface area contributed by atoms with Crippen molar-refractivity contribution in [2.24, 2.45) is 0 Å². The highest BCUT2D eigenvalue weighted by molar-refractivity contribution is 9.10.